The number of allylic oxidation sites excluding steroid dienone is 4. The molecule has 62 heavy (non-hydrogen) atoms. The minimum atomic E-state index is -1.06. The highest BCUT2D eigenvalue weighted by atomic mass is 16.5. The second kappa shape index (κ2) is 14.7. The van der Waals surface area contributed by atoms with Crippen LogP contribution in [0.5, 0.6) is 23.0 Å². The maximum Gasteiger partial charge on any atom is 0.160 e. The smallest absolute Gasteiger partial charge is 0.160 e. The summed E-state index contributed by atoms with van der Waals surface area (Å²) in [6.07, 6.45) is 13.7. The average Bonchev–Trinajstić information content (AvgIpc) is 3.67. The number of aromatic hydroxyl groups is 3. The minimum absolute atomic E-state index is 0.00994. The minimum Gasteiger partial charge on any atom is -0.504 e. The third-order valence-electron chi connectivity index (χ3n) is 18.0. The molecule has 0 radical (unpaired) electrons. The van der Waals surface area contributed by atoms with Crippen molar-refractivity contribution in [2.24, 2.45) is 52.3 Å². The summed E-state index contributed by atoms with van der Waals surface area (Å²) in [5.74, 6) is 6.66. The fraction of sp³-hybridized carbons (Fsp3) is 0.528. The second-order valence-corrected chi connectivity index (χ2v) is 20.3. The van der Waals surface area contributed by atoms with E-state index in [4.69, 9.17) is 4.74 Å². The van der Waals surface area contributed by atoms with Gasteiger partial charge in [-0.3, -0.25) is 4.79 Å². The van der Waals surface area contributed by atoms with Gasteiger partial charge in [0.1, 0.15) is 5.78 Å². The predicted molar refractivity (Wildman–Crippen MR) is 233 cm³/mol. The number of hydrogen-bond donors (Lipinski definition) is 7. The zero-order valence-corrected chi connectivity index (χ0v) is 35.5. The summed E-state index contributed by atoms with van der Waals surface area (Å²) < 4.78 is 5.55. The number of fused-ring (bicyclic) bond motifs is 4. The van der Waals surface area contributed by atoms with E-state index in [1.165, 1.54) is 18.7 Å². The molecular formula is C53H59NO8. The molecular weight excluding hydrogens is 779 g/mol. The molecule has 9 heteroatoms. The van der Waals surface area contributed by atoms with Gasteiger partial charge in [-0.1, -0.05) is 72.4 Å². The van der Waals surface area contributed by atoms with Crippen LogP contribution in [0.15, 0.2) is 78.4 Å². The number of Topliss-reactive ketones (excluding diaryl/α,β-unsaturated/α-hetero) is 1. The van der Waals surface area contributed by atoms with Gasteiger partial charge < -0.3 is 40.7 Å². The van der Waals surface area contributed by atoms with Crippen molar-refractivity contribution in [1.82, 2.24) is 5.32 Å². The lowest BCUT2D eigenvalue weighted by atomic mass is 9.28. The molecule has 9 nitrogen and oxygen atoms in total. The number of aliphatic hydroxyl groups excluding tert-OH is 3. The highest BCUT2D eigenvalue weighted by molar-refractivity contribution is 5.80. The number of phenolic OH excluding ortho intramolecular Hbond substituents is 3. The lowest BCUT2D eigenvalue weighted by Gasteiger charge is -2.76. The van der Waals surface area contributed by atoms with Crippen LogP contribution < -0.4 is 10.1 Å². The van der Waals surface area contributed by atoms with Crippen LogP contribution in [-0.2, 0) is 23.2 Å². The first-order valence-corrected chi connectivity index (χ1v) is 23.1. The summed E-state index contributed by atoms with van der Waals surface area (Å²) in [6, 6.07) is 16.9. The van der Waals surface area contributed by atoms with E-state index in [1.54, 1.807) is 6.07 Å². The van der Waals surface area contributed by atoms with Crippen LogP contribution in [0.1, 0.15) is 97.4 Å². The van der Waals surface area contributed by atoms with Gasteiger partial charge in [-0.05, 0) is 126 Å². The number of rotatable bonds is 7. The highest BCUT2D eigenvalue weighted by Gasteiger charge is 2.77. The predicted octanol–water partition coefficient (Wildman–Crippen LogP) is 6.92. The number of nitrogens with one attached hydrogen (secondary N) is 1. The van der Waals surface area contributed by atoms with Gasteiger partial charge in [-0.15, -0.1) is 0 Å². The van der Waals surface area contributed by atoms with Gasteiger partial charge in [-0.2, -0.15) is 0 Å². The normalized spacial score (nSPS) is 39.5. The first kappa shape index (κ1) is 40.2. The molecule has 1 aliphatic heterocycles. The van der Waals surface area contributed by atoms with Crippen LogP contribution >= 0.6 is 0 Å². The topological polar surface area (TPSA) is 160 Å². The number of phenols is 3. The van der Waals surface area contributed by atoms with Crippen LogP contribution in [0.3, 0.4) is 0 Å². The second-order valence-electron chi connectivity index (χ2n) is 20.3. The molecule has 4 fully saturated rings. The monoisotopic (exact) mass is 837 g/mol. The number of methoxy groups -OCH3 is 1. The van der Waals surface area contributed by atoms with Crippen molar-refractivity contribution in [1.29, 1.82) is 0 Å². The van der Waals surface area contributed by atoms with Crippen LogP contribution in [0, 0.1) is 64.1 Å². The van der Waals surface area contributed by atoms with Gasteiger partial charge in [0.2, 0.25) is 0 Å². The molecule has 14 atom stereocenters. The zero-order chi connectivity index (χ0) is 42.7. The maximum absolute atomic E-state index is 14.9. The van der Waals surface area contributed by atoms with E-state index in [0.717, 1.165) is 55.2 Å². The van der Waals surface area contributed by atoms with E-state index in [-0.39, 0.29) is 107 Å². The third kappa shape index (κ3) is 5.52. The molecule has 3 spiro atoms. The molecule has 0 amide bonds. The number of ketones is 1. The van der Waals surface area contributed by atoms with Gasteiger partial charge in [0.25, 0.3) is 0 Å². The fourth-order valence-electron chi connectivity index (χ4n) is 16.0. The van der Waals surface area contributed by atoms with E-state index in [9.17, 15) is 35.4 Å². The molecule has 3 aromatic carbocycles. The van der Waals surface area contributed by atoms with E-state index >= 15 is 0 Å². The number of carbonyl (C=O) groups is 1. The molecule has 1 saturated heterocycles. The van der Waals surface area contributed by atoms with Gasteiger partial charge >= 0.3 is 0 Å². The SMILES string of the molecule is COc1cc(C2CC(=O)CC(O)C3C(C#CC2Cc2ccccc2)CNC2CC4C=CC(CCO)C5=CC6CCCC67CC54C4CC7c5cc(O)c(O)cc5C234)c(CO)cc1O. The van der Waals surface area contributed by atoms with Gasteiger partial charge in [-0.25, -0.2) is 0 Å². The summed E-state index contributed by atoms with van der Waals surface area (Å²) >= 11 is 0. The Labute approximate surface area is 363 Å². The Bertz CT molecular complexity index is 2430. The Morgan fingerprint density at radius 2 is 1.74 bits per heavy atom. The molecule has 11 rings (SSSR count). The lowest BCUT2D eigenvalue weighted by Crippen LogP contribution is -2.77. The molecule has 1 heterocycles. The Balaban J connectivity index is 1.13. The number of carbonyl (C=O) groups excluding carboxylic acids is 1. The summed E-state index contributed by atoms with van der Waals surface area (Å²) in [7, 11) is 1.48. The molecule has 0 aromatic heterocycles. The molecule has 14 unspecified atom stereocenters. The van der Waals surface area contributed by atoms with Gasteiger partial charge in [0.05, 0.1) is 19.8 Å². The maximum atomic E-state index is 14.9. The molecule has 3 aromatic rings. The molecule has 8 aliphatic rings. The first-order valence-electron chi connectivity index (χ1n) is 23.1. The lowest BCUT2D eigenvalue weighted by molar-refractivity contribution is -0.175. The quantitative estimate of drug-likeness (QED) is 0.0762. The number of hydrogen-bond acceptors (Lipinski definition) is 9. The van der Waals surface area contributed by atoms with Crippen molar-refractivity contribution in [2.45, 2.75) is 100 Å². The molecule has 3 saturated carbocycles. The van der Waals surface area contributed by atoms with Crippen LogP contribution in [0.2, 0.25) is 0 Å². The van der Waals surface area contributed by atoms with Gasteiger partial charge in [0.15, 0.2) is 23.0 Å². The van der Waals surface area contributed by atoms with Crippen molar-refractivity contribution >= 4 is 5.78 Å². The Morgan fingerprint density at radius 3 is 2.53 bits per heavy atom. The Hall–Kier alpha value is -4.59. The Morgan fingerprint density at radius 1 is 0.919 bits per heavy atom. The van der Waals surface area contributed by atoms with Crippen molar-refractivity contribution < 1.29 is 40.2 Å². The van der Waals surface area contributed by atoms with Crippen molar-refractivity contribution in [2.75, 3.05) is 20.3 Å². The number of benzene rings is 3. The summed E-state index contributed by atoms with van der Waals surface area (Å²) in [5.41, 5.74) is 4.85. The Kier molecular flexibility index (Phi) is 9.56. The highest BCUT2D eigenvalue weighted by Crippen LogP contribution is 2.81. The van der Waals surface area contributed by atoms with Crippen LogP contribution in [0.4, 0.5) is 0 Å². The van der Waals surface area contributed by atoms with E-state index in [2.05, 4.69) is 47.5 Å². The molecule has 4 bridgehead atoms. The van der Waals surface area contributed by atoms with Crippen molar-refractivity contribution in [3.8, 4) is 34.8 Å². The number of piperidine rings is 1. The zero-order valence-electron chi connectivity index (χ0n) is 35.5. The van der Waals surface area contributed by atoms with Crippen LogP contribution in [-0.4, -0.2) is 68.8 Å². The van der Waals surface area contributed by atoms with Crippen LogP contribution in [0.25, 0.3) is 0 Å². The first-order chi connectivity index (χ1) is 30.1. The third-order valence-corrected chi connectivity index (χ3v) is 18.0. The molecule has 7 N–H and O–H groups in total. The van der Waals surface area contributed by atoms with E-state index in [0.29, 0.717) is 36.4 Å². The number of ether oxygens (including phenoxy) is 1. The van der Waals surface area contributed by atoms with E-state index < -0.39 is 23.4 Å². The van der Waals surface area contributed by atoms with Crippen molar-refractivity contribution in [3.05, 3.63) is 106 Å². The average molecular weight is 838 g/mol. The number of aliphatic hydroxyl groups is 3. The summed E-state index contributed by atoms with van der Waals surface area (Å²) in [6.45, 7) is 0.280. The largest absolute Gasteiger partial charge is 0.504 e. The molecule has 324 valence electrons. The van der Waals surface area contributed by atoms with Gasteiger partial charge in [0, 0.05) is 72.5 Å². The standard InChI is InChI=1S/C53H59NO8/c1-62-47-23-38(33(27-56)17-45(47)60)37-20-36(57)21-46(61)50-32(10-9-31(37)16-29-6-3-2-4-7-29)26-54-49-19-35-12-11-30(13-15-55)40-18-34-8-5-14-51(34)28-52(35,40)48-25-41(51)39-22-43(58)44(59)24-42(39)53(48,49)50/h2-4,6-7,11-12,17-18,22-24,30-32,34-35,37,41,46,48-50,54-56,58-61H,5,8,13-16,19-21,25-28H2,1H3. The fourth-order valence-corrected chi connectivity index (χ4v) is 16.0. The summed E-state index contributed by atoms with van der Waals surface area (Å²) in [5, 5.41) is 71.9. The molecule has 7 aliphatic carbocycles. The summed E-state index contributed by atoms with van der Waals surface area (Å²) in [4.78, 5) is 14.9. The van der Waals surface area contributed by atoms with Crippen molar-refractivity contribution in [3.63, 3.8) is 0 Å². The van der Waals surface area contributed by atoms with E-state index in [1.807, 2.05) is 30.3 Å².